The number of thiazole rings is 1. The zero-order valence-corrected chi connectivity index (χ0v) is 18.0. The molecule has 0 bridgehead atoms. The van der Waals surface area contributed by atoms with Gasteiger partial charge in [-0.05, 0) is 55.3 Å². The standard InChI is InChI=1S/C23H21N3OS2/c1-16-12-17(2)22-20(13-16)29-23(25-22)26(14-18-8-6-7-11-24-18)21(27)15-28-19-9-4-3-5-10-19/h3-13H,14-15H2,1-2H3. The lowest BCUT2D eigenvalue weighted by Crippen LogP contribution is -2.32. The van der Waals surface area contributed by atoms with E-state index in [0.29, 0.717) is 12.3 Å². The van der Waals surface area contributed by atoms with Gasteiger partial charge in [-0.25, -0.2) is 4.98 Å². The number of anilines is 1. The summed E-state index contributed by atoms with van der Waals surface area (Å²) in [5.74, 6) is 0.378. The molecule has 0 saturated heterocycles. The highest BCUT2D eigenvalue weighted by Gasteiger charge is 2.21. The van der Waals surface area contributed by atoms with Crippen LogP contribution in [0.1, 0.15) is 16.8 Å². The van der Waals surface area contributed by atoms with Gasteiger partial charge in [-0.2, -0.15) is 0 Å². The van der Waals surface area contributed by atoms with Gasteiger partial charge in [-0.1, -0.05) is 41.7 Å². The van der Waals surface area contributed by atoms with Gasteiger partial charge in [0.25, 0.3) is 0 Å². The fourth-order valence-corrected chi connectivity index (χ4v) is 5.08. The predicted molar refractivity (Wildman–Crippen MR) is 122 cm³/mol. The molecule has 0 atom stereocenters. The van der Waals surface area contributed by atoms with Crippen LogP contribution >= 0.6 is 23.1 Å². The van der Waals surface area contributed by atoms with Crippen LogP contribution in [0.25, 0.3) is 10.2 Å². The van der Waals surface area contributed by atoms with Crippen molar-refractivity contribution in [1.82, 2.24) is 9.97 Å². The third-order valence-corrected chi connectivity index (χ3v) is 6.52. The van der Waals surface area contributed by atoms with Crippen LogP contribution in [0.4, 0.5) is 5.13 Å². The van der Waals surface area contributed by atoms with Gasteiger partial charge in [0, 0.05) is 11.1 Å². The monoisotopic (exact) mass is 419 g/mol. The molecule has 0 N–H and O–H groups in total. The predicted octanol–water partition coefficient (Wildman–Crippen LogP) is 5.63. The van der Waals surface area contributed by atoms with Crippen LogP contribution < -0.4 is 4.90 Å². The van der Waals surface area contributed by atoms with Crippen molar-refractivity contribution in [2.24, 2.45) is 0 Å². The van der Waals surface area contributed by atoms with Crippen LogP contribution in [0.2, 0.25) is 0 Å². The lowest BCUT2D eigenvalue weighted by atomic mass is 10.1. The highest BCUT2D eigenvalue weighted by molar-refractivity contribution is 8.00. The number of thioether (sulfide) groups is 1. The molecule has 4 rings (SSSR count). The van der Waals surface area contributed by atoms with Crippen LogP contribution in [0.15, 0.2) is 71.8 Å². The largest absolute Gasteiger partial charge is 0.281 e. The molecule has 146 valence electrons. The number of fused-ring (bicyclic) bond motifs is 1. The summed E-state index contributed by atoms with van der Waals surface area (Å²) < 4.78 is 1.10. The number of carbonyl (C=O) groups excluding carboxylic acids is 1. The van der Waals surface area contributed by atoms with E-state index in [9.17, 15) is 4.79 Å². The van der Waals surface area contributed by atoms with Gasteiger partial charge in [0.15, 0.2) is 5.13 Å². The molecule has 0 fully saturated rings. The van der Waals surface area contributed by atoms with E-state index >= 15 is 0 Å². The second-order valence-corrected chi connectivity index (χ2v) is 8.89. The molecule has 6 heteroatoms. The van der Waals surface area contributed by atoms with Crippen LogP contribution in [0.5, 0.6) is 0 Å². The van der Waals surface area contributed by atoms with E-state index in [2.05, 4.69) is 31.0 Å². The maximum absolute atomic E-state index is 13.2. The molecule has 0 saturated carbocycles. The van der Waals surface area contributed by atoms with Crippen molar-refractivity contribution in [3.05, 3.63) is 83.7 Å². The van der Waals surface area contributed by atoms with E-state index in [1.807, 2.05) is 48.5 Å². The minimum atomic E-state index is 0.0259. The molecule has 1 amide bonds. The Morgan fingerprint density at radius 3 is 2.62 bits per heavy atom. The van der Waals surface area contributed by atoms with Crippen molar-refractivity contribution in [3.63, 3.8) is 0 Å². The summed E-state index contributed by atoms with van der Waals surface area (Å²) in [6, 6.07) is 20.0. The molecule has 2 aromatic heterocycles. The number of hydrogen-bond acceptors (Lipinski definition) is 5. The Bertz CT molecular complexity index is 1130. The van der Waals surface area contributed by atoms with E-state index < -0.39 is 0 Å². The fourth-order valence-electron chi connectivity index (χ4n) is 3.13. The van der Waals surface area contributed by atoms with Gasteiger partial charge in [-0.3, -0.25) is 14.7 Å². The van der Waals surface area contributed by atoms with E-state index in [1.54, 1.807) is 22.4 Å². The SMILES string of the molecule is Cc1cc(C)c2nc(N(Cc3ccccn3)C(=O)CSc3ccccc3)sc2c1. The van der Waals surface area contributed by atoms with Gasteiger partial charge < -0.3 is 0 Å². The molecule has 4 nitrogen and oxygen atoms in total. The topological polar surface area (TPSA) is 46.1 Å². The minimum absolute atomic E-state index is 0.0259. The summed E-state index contributed by atoms with van der Waals surface area (Å²) in [4.78, 5) is 25.3. The van der Waals surface area contributed by atoms with Crippen LogP contribution in [0.3, 0.4) is 0 Å². The lowest BCUT2D eigenvalue weighted by Gasteiger charge is -2.19. The first-order valence-electron chi connectivity index (χ1n) is 9.36. The van der Waals surface area contributed by atoms with Crippen LogP contribution in [-0.2, 0) is 11.3 Å². The normalized spacial score (nSPS) is 11.0. The van der Waals surface area contributed by atoms with Crippen LogP contribution in [0, 0.1) is 13.8 Å². The third kappa shape index (κ3) is 4.66. The number of hydrogen-bond donors (Lipinski definition) is 0. The van der Waals surface area contributed by atoms with Crippen molar-refractivity contribution in [2.45, 2.75) is 25.3 Å². The summed E-state index contributed by atoms with van der Waals surface area (Å²) in [6.45, 7) is 4.56. The summed E-state index contributed by atoms with van der Waals surface area (Å²) in [7, 11) is 0. The number of amides is 1. The second-order valence-electron chi connectivity index (χ2n) is 6.83. The average molecular weight is 420 g/mol. The molecule has 2 aromatic carbocycles. The van der Waals surface area contributed by atoms with Gasteiger partial charge in [-0.15, -0.1) is 11.8 Å². The molecular formula is C23H21N3OS2. The molecule has 0 aliphatic rings. The Labute approximate surface area is 178 Å². The van der Waals surface area contributed by atoms with E-state index in [1.165, 1.54) is 17.3 Å². The maximum Gasteiger partial charge on any atom is 0.239 e. The summed E-state index contributed by atoms with van der Waals surface area (Å²) in [5, 5.41) is 0.720. The van der Waals surface area contributed by atoms with E-state index in [0.717, 1.165) is 31.5 Å². The van der Waals surface area contributed by atoms with E-state index in [-0.39, 0.29) is 5.91 Å². The molecule has 29 heavy (non-hydrogen) atoms. The Hall–Kier alpha value is -2.70. The first-order chi connectivity index (χ1) is 14.1. The summed E-state index contributed by atoms with van der Waals surface area (Å²) in [6.07, 6.45) is 1.75. The number of aromatic nitrogens is 2. The van der Waals surface area contributed by atoms with Crippen LogP contribution in [-0.4, -0.2) is 21.6 Å². The first kappa shape index (κ1) is 19.6. The molecule has 0 aliphatic carbocycles. The number of nitrogens with zero attached hydrogens (tertiary/aromatic N) is 3. The highest BCUT2D eigenvalue weighted by Crippen LogP contribution is 2.33. The minimum Gasteiger partial charge on any atom is -0.281 e. The Morgan fingerprint density at radius 2 is 1.86 bits per heavy atom. The Morgan fingerprint density at radius 1 is 1.07 bits per heavy atom. The van der Waals surface area contributed by atoms with Gasteiger partial charge in [0.1, 0.15) is 0 Å². The molecule has 4 aromatic rings. The van der Waals surface area contributed by atoms with Crippen molar-refractivity contribution in [3.8, 4) is 0 Å². The number of pyridine rings is 1. The average Bonchev–Trinajstić information content (AvgIpc) is 3.16. The van der Waals surface area contributed by atoms with Gasteiger partial charge in [0.05, 0.1) is 28.2 Å². The smallest absolute Gasteiger partial charge is 0.239 e. The first-order valence-corrected chi connectivity index (χ1v) is 11.2. The summed E-state index contributed by atoms with van der Waals surface area (Å²) >= 11 is 3.10. The zero-order valence-electron chi connectivity index (χ0n) is 16.3. The molecular weight excluding hydrogens is 398 g/mol. The number of aryl methyl sites for hydroxylation is 2. The molecule has 0 unspecified atom stereocenters. The van der Waals surface area contributed by atoms with Crippen molar-refractivity contribution >= 4 is 44.4 Å². The maximum atomic E-state index is 13.2. The molecule has 0 spiro atoms. The fraction of sp³-hybridized carbons (Fsp3) is 0.174. The Kier molecular flexibility index (Phi) is 5.92. The van der Waals surface area contributed by atoms with E-state index in [4.69, 9.17) is 4.98 Å². The lowest BCUT2D eigenvalue weighted by molar-refractivity contribution is -0.116. The third-order valence-electron chi connectivity index (χ3n) is 4.50. The van der Waals surface area contributed by atoms with Gasteiger partial charge in [0.2, 0.25) is 5.91 Å². The van der Waals surface area contributed by atoms with Gasteiger partial charge >= 0.3 is 0 Å². The molecule has 2 heterocycles. The number of carbonyl (C=O) groups is 1. The molecule has 0 aliphatic heterocycles. The molecule has 0 radical (unpaired) electrons. The number of benzene rings is 2. The Balaban J connectivity index is 1.64. The second kappa shape index (κ2) is 8.76. The summed E-state index contributed by atoms with van der Waals surface area (Å²) in [5.41, 5.74) is 4.14. The number of rotatable bonds is 6. The quantitative estimate of drug-likeness (QED) is 0.380. The highest BCUT2D eigenvalue weighted by atomic mass is 32.2. The van der Waals surface area contributed by atoms with Crippen molar-refractivity contribution in [1.29, 1.82) is 0 Å². The van der Waals surface area contributed by atoms with Crippen molar-refractivity contribution in [2.75, 3.05) is 10.7 Å². The van der Waals surface area contributed by atoms with Crippen molar-refractivity contribution < 1.29 is 4.79 Å². The zero-order chi connectivity index (χ0) is 20.2.